The molecule has 1 aliphatic carbocycles. The smallest absolute Gasteiger partial charge is 0.334 e. The van der Waals surface area contributed by atoms with Crippen molar-refractivity contribution in [2.45, 2.75) is 30.8 Å². The highest BCUT2D eigenvalue weighted by molar-refractivity contribution is 5.90. The van der Waals surface area contributed by atoms with Crippen molar-refractivity contribution in [3.05, 3.63) is 35.4 Å². The van der Waals surface area contributed by atoms with Gasteiger partial charge >= 0.3 is 5.97 Å². The number of carbonyl (C=O) groups is 2. The third-order valence-electron chi connectivity index (χ3n) is 4.69. The number of nitrogens with zero attached hydrogens (tertiary/aromatic N) is 1. The van der Waals surface area contributed by atoms with E-state index in [0.717, 1.165) is 12.1 Å². The number of carbonyl (C=O) groups excluding carboxylic acids is 1. The van der Waals surface area contributed by atoms with Crippen LogP contribution in [-0.4, -0.2) is 47.7 Å². The van der Waals surface area contributed by atoms with Gasteiger partial charge in [0.1, 0.15) is 11.6 Å². The minimum atomic E-state index is -1.23. The summed E-state index contributed by atoms with van der Waals surface area (Å²) in [5, 5.41) is 9.03. The molecule has 1 aromatic carbocycles. The Morgan fingerprint density at radius 2 is 1.91 bits per heavy atom. The Morgan fingerprint density at radius 3 is 2.43 bits per heavy atom. The van der Waals surface area contributed by atoms with E-state index in [1.165, 1.54) is 11.0 Å². The van der Waals surface area contributed by atoms with Crippen molar-refractivity contribution < 1.29 is 28.2 Å². The van der Waals surface area contributed by atoms with Gasteiger partial charge in [0.05, 0.1) is 18.6 Å². The largest absolute Gasteiger partial charge is 0.479 e. The minimum absolute atomic E-state index is 0.0958. The molecule has 1 amide bonds. The number of morpholine rings is 1. The molecular weight excluding hydrogens is 308 g/mol. The first-order valence-corrected chi connectivity index (χ1v) is 7.54. The van der Waals surface area contributed by atoms with Crippen LogP contribution >= 0.6 is 0 Å². The zero-order valence-corrected chi connectivity index (χ0v) is 12.4. The van der Waals surface area contributed by atoms with Crippen molar-refractivity contribution in [2.75, 3.05) is 19.7 Å². The van der Waals surface area contributed by atoms with Crippen LogP contribution in [0.1, 0.15) is 24.8 Å². The predicted octanol–water partition coefficient (Wildman–Crippen LogP) is 1.70. The zero-order valence-electron chi connectivity index (χ0n) is 12.4. The molecule has 7 heteroatoms. The summed E-state index contributed by atoms with van der Waals surface area (Å²) in [6.45, 7) is 0.213. The van der Waals surface area contributed by atoms with Crippen LogP contribution < -0.4 is 0 Å². The van der Waals surface area contributed by atoms with E-state index in [4.69, 9.17) is 9.84 Å². The molecule has 0 radical (unpaired) electrons. The van der Waals surface area contributed by atoms with E-state index in [9.17, 15) is 18.4 Å². The summed E-state index contributed by atoms with van der Waals surface area (Å²) in [7, 11) is 0. The van der Waals surface area contributed by atoms with Crippen molar-refractivity contribution in [3.8, 4) is 0 Å². The second-order valence-corrected chi connectivity index (χ2v) is 5.98. The molecule has 1 unspecified atom stereocenters. The lowest BCUT2D eigenvalue weighted by Gasteiger charge is -2.45. The number of carboxylic acid groups (broad SMARTS) is 1. The first-order valence-electron chi connectivity index (χ1n) is 7.54. The number of hydrogen-bond donors (Lipinski definition) is 1. The van der Waals surface area contributed by atoms with Crippen LogP contribution in [0.15, 0.2) is 18.2 Å². The van der Waals surface area contributed by atoms with Gasteiger partial charge in [0.25, 0.3) is 0 Å². The lowest BCUT2D eigenvalue weighted by molar-refractivity contribution is -0.162. The molecule has 1 saturated carbocycles. The SMILES string of the molecule is O=C(O)C1CN(C(=O)C2(c3c(F)cccc3F)CCC2)CCO1. The molecule has 1 N–H and O–H groups in total. The molecule has 1 heterocycles. The number of rotatable bonds is 3. The van der Waals surface area contributed by atoms with Crippen LogP contribution in [0.4, 0.5) is 8.78 Å². The molecule has 3 rings (SSSR count). The molecule has 0 bridgehead atoms. The summed E-state index contributed by atoms with van der Waals surface area (Å²) in [6, 6.07) is 3.55. The maximum atomic E-state index is 14.2. The maximum absolute atomic E-state index is 14.2. The predicted molar refractivity (Wildman–Crippen MR) is 75.8 cm³/mol. The summed E-state index contributed by atoms with van der Waals surface area (Å²) in [5.74, 6) is -3.04. The van der Waals surface area contributed by atoms with Crippen LogP contribution in [0.2, 0.25) is 0 Å². The summed E-state index contributed by atoms with van der Waals surface area (Å²) in [4.78, 5) is 25.3. The van der Waals surface area contributed by atoms with E-state index in [0.29, 0.717) is 19.3 Å². The molecule has 124 valence electrons. The van der Waals surface area contributed by atoms with Crippen LogP contribution in [0.5, 0.6) is 0 Å². The minimum Gasteiger partial charge on any atom is -0.479 e. The molecular formula is C16H17F2NO4. The molecule has 1 aliphatic heterocycles. The van der Waals surface area contributed by atoms with Gasteiger partial charge in [-0.25, -0.2) is 13.6 Å². The fraction of sp³-hybridized carbons (Fsp3) is 0.500. The van der Waals surface area contributed by atoms with E-state index in [2.05, 4.69) is 0 Å². The standard InChI is InChI=1S/C16H17F2NO4/c17-10-3-1-4-11(18)13(10)16(5-2-6-16)15(22)19-7-8-23-12(9-19)14(20)21/h1,3-4,12H,2,5-9H2,(H,20,21). The van der Waals surface area contributed by atoms with Gasteiger partial charge in [-0.05, 0) is 25.0 Å². The van der Waals surface area contributed by atoms with E-state index in [1.54, 1.807) is 0 Å². The monoisotopic (exact) mass is 325 g/mol. The molecule has 0 aromatic heterocycles. The molecule has 1 saturated heterocycles. The van der Waals surface area contributed by atoms with Crippen molar-refractivity contribution in [3.63, 3.8) is 0 Å². The number of benzene rings is 1. The number of carboxylic acids is 1. The summed E-state index contributed by atoms with van der Waals surface area (Å²) < 4.78 is 33.4. The van der Waals surface area contributed by atoms with Crippen molar-refractivity contribution in [1.29, 1.82) is 0 Å². The molecule has 5 nitrogen and oxygen atoms in total. The molecule has 2 aliphatic rings. The average molecular weight is 325 g/mol. The van der Waals surface area contributed by atoms with Gasteiger partial charge in [0.15, 0.2) is 6.10 Å². The fourth-order valence-corrected chi connectivity index (χ4v) is 3.34. The van der Waals surface area contributed by atoms with Crippen molar-refractivity contribution in [1.82, 2.24) is 4.90 Å². The molecule has 0 spiro atoms. The van der Waals surface area contributed by atoms with E-state index in [-0.39, 0.29) is 25.3 Å². The quantitative estimate of drug-likeness (QED) is 0.918. The Labute approximate surface area is 131 Å². The number of aliphatic carboxylic acids is 1. The lowest BCUT2D eigenvalue weighted by Crippen LogP contribution is -2.57. The normalized spacial score (nSPS) is 23.2. The number of amides is 1. The first kappa shape index (κ1) is 15.9. The second kappa shape index (κ2) is 5.88. The Balaban J connectivity index is 1.91. The van der Waals surface area contributed by atoms with Crippen molar-refractivity contribution in [2.24, 2.45) is 0 Å². The van der Waals surface area contributed by atoms with Crippen LogP contribution in [0.3, 0.4) is 0 Å². The van der Waals surface area contributed by atoms with Gasteiger partial charge in [-0.1, -0.05) is 12.5 Å². The zero-order chi connectivity index (χ0) is 16.6. The van der Waals surface area contributed by atoms with E-state index < -0.39 is 35.0 Å². The summed E-state index contributed by atoms with van der Waals surface area (Å²) >= 11 is 0. The Hall–Kier alpha value is -2.02. The molecule has 2 fully saturated rings. The number of ether oxygens (including phenoxy) is 1. The van der Waals surface area contributed by atoms with Crippen LogP contribution in [0.25, 0.3) is 0 Å². The Kier molecular flexibility index (Phi) is 4.06. The maximum Gasteiger partial charge on any atom is 0.334 e. The molecule has 23 heavy (non-hydrogen) atoms. The van der Waals surface area contributed by atoms with Gasteiger partial charge in [-0.15, -0.1) is 0 Å². The van der Waals surface area contributed by atoms with Gasteiger partial charge in [0, 0.05) is 12.1 Å². The highest BCUT2D eigenvalue weighted by atomic mass is 19.1. The van der Waals surface area contributed by atoms with Crippen molar-refractivity contribution >= 4 is 11.9 Å². The average Bonchev–Trinajstić information content (AvgIpc) is 2.49. The second-order valence-electron chi connectivity index (χ2n) is 5.98. The summed E-state index contributed by atoms with van der Waals surface area (Å²) in [5.41, 5.74) is -1.43. The highest BCUT2D eigenvalue weighted by Gasteiger charge is 2.51. The van der Waals surface area contributed by atoms with E-state index >= 15 is 0 Å². The molecule has 1 atom stereocenters. The van der Waals surface area contributed by atoms with Gasteiger partial charge in [0.2, 0.25) is 5.91 Å². The van der Waals surface area contributed by atoms with Crippen LogP contribution in [-0.2, 0) is 19.7 Å². The van der Waals surface area contributed by atoms with Crippen LogP contribution in [0, 0.1) is 11.6 Å². The molecule has 1 aromatic rings. The topological polar surface area (TPSA) is 66.8 Å². The fourth-order valence-electron chi connectivity index (χ4n) is 3.34. The first-order chi connectivity index (χ1) is 11.0. The van der Waals surface area contributed by atoms with Gasteiger partial charge in [-0.3, -0.25) is 4.79 Å². The number of hydrogen-bond acceptors (Lipinski definition) is 3. The summed E-state index contributed by atoms with van der Waals surface area (Å²) in [6.07, 6.45) is 0.319. The lowest BCUT2D eigenvalue weighted by atomic mass is 9.63. The third-order valence-corrected chi connectivity index (χ3v) is 4.69. The number of halogens is 2. The highest BCUT2D eigenvalue weighted by Crippen LogP contribution is 2.47. The van der Waals surface area contributed by atoms with Gasteiger partial charge in [-0.2, -0.15) is 0 Å². The Bertz CT molecular complexity index is 625. The third kappa shape index (κ3) is 2.59. The van der Waals surface area contributed by atoms with E-state index in [1.807, 2.05) is 0 Å². The Morgan fingerprint density at radius 1 is 1.26 bits per heavy atom. The van der Waals surface area contributed by atoms with Gasteiger partial charge < -0.3 is 14.7 Å².